The van der Waals surface area contributed by atoms with Gasteiger partial charge in [0.05, 0.1) is 5.69 Å². The molecule has 0 spiro atoms. The third-order valence-corrected chi connectivity index (χ3v) is 2.63. The summed E-state index contributed by atoms with van der Waals surface area (Å²) in [6, 6.07) is 5.53. The lowest BCUT2D eigenvalue weighted by Crippen LogP contribution is -2.17. The molecule has 1 aromatic rings. The van der Waals surface area contributed by atoms with Crippen molar-refractivity contribution in [3.05, 3.63) is 27.1 Å². The predicted molar refractivity (Wildman–Crippen MR) is 62.3 cm³/mol. The van der Waals surface area contributed by atoms with Gasteiger partial charge >= 0.3 is 0 Å². The predicted octanol–water partition coefficient (Wildman–Crippen LogP) is 2.80. The second-order valence-electron chi connectivity index (χ2n) is 2.61. The summed E-state index contributed by atoms with van der Waals surface area (Å²) in [7, 11) is 1.48. The normalized spacial score (nSPS) is 9.93. The maximum Gasteiger partial charge on any atom is 0.250 e. The summed E-state index contributed by atoms with van der Waals surface area (Å²) in [5, 5.41) is 2.71. The summed E-state index contributed by atoms with van der Waals surface area (Å²) < 4.78 is 6.49. The van der Waals surface area contributed by atoms with Crippen LogP contribution in [0.3, 0.4) is 0 Å². The zero-order valence-corrected chi connectivity index (χ0v) is 10.7. The van der Waals surface area contributed by atoms with Gasteiger partial charge < -0.3 is 10.1 Å². The molecule has 5 heteroatoms. The second kappa shape index (κ2) is 5.48. The standard InChI is InChI=1S/C9H9Br2NO2/c1-14-5-9(13)12-8-3-2-6(10)4-7(8)11/h2-4H,5H2,1H3,(H,12,13). The van der Waals surface area contributed by atoms with Crippen LogP contribution in [0.15, 0.2) is 27.1 Å². The maximum absolute atomic E-state index is 11.2. The molecule has 14 heavy (non-hydrogen) atoms. The number of nitrogens with one attached hydrogen (secondary N) is 1. The fourth-order valence-electron chi connectivity index (χ4n) is 0.908. The van der Waals surface area contributed by atoms with Crippen LogP contribution in [0, 0.1) is 0 Å². The van der Waals surface area contributed by atoms with Crippen molar-refractivity contribution in [1.29, 1.82) is 0 Å². The molecule has 1 N–H and O–H groups in total. The average Bonchev–Trinajstić information content (AvgIpc) is 2.10. The Morgan fingerprint density at radius 3 is 2.79 bits per heavy atom. The molecule has 0 saturated heterocycles. The highest BCUT2D eigenvalue weighted by Gasteiger charge is 2.04. The number of ether oxygens (including phenoxy) is 1. The first-order valence-corrected chi connectivity index (χ1v) is 5.46. The monoisotopic (exact) mass is 321 g/mol. The number of methoxy groups -OCH3 is 1. The lowest BCUT2D eigenvalue weighted by Gasteiger charge is -2.06. The Hall–Kier alpha value is -0.390. The van der Waals surface area contributed by atoms with Gasteiger partial charge in [0.25, 0.3) is 0 Å². The molecule has 0 aliphatic carbocycles. The molecule has 3 nitrogen and oxygen atoms in total. The van der Waals surface area contributed by atoms with Crippen LogP contribution in [0.25, 0.3) is 0 Å². The van der Waals surface area contributed by atoms with Crippen molar-refractivity contribution < 1.29 is 9.53 Å². The number of amides is 1. The summed E-state index contributed by atoms with van der Waals surface area (Å²) in [6.45, 7) is 0.0580. The third-order valence-electron chi connectivity index (χ3n) is 1.48. The maximum atomic E-state index is 11.2. The fourth-order valence-corrected chi connectivity index (χ4v) is 2.05. The number of benzene rings is 1. The Morgan fingerprint density at radius 2 is 2.21 bits per heavy atom. The smallest absolute Gasteiger partial charge is 0.250 e. The molecule has 0 radical (unpaired) electrons. The van der Waals surface area contributed by atoms with Crippen molar-refractivity contribution in [3.8, 4) is 0 Å². The van der Waals surface area contributed by atoms with E-state index in [0.29, 0.717) is 0 Å². The van der Waals surface area contributed by atoms with Gasteiger partial charge in [0, 0.05) is 16.1 Å². The minimum absolute atomic E-state index is 0.0580. The Kier molecular flexibility index (Phi) is 4.57. The topological polar surface area (TPSA) is 38.3 Å². The first-order chi connectivity index (χ1) is 6.63. The van der Waals surface area contributed by atoms with Gasteiger partial charge in [-0.05, 0) is 34.1 Å². The van der Waals surface area contributed by atoms with Crippen molar-refractivity contribution >= 4 is 43.5 Å². The van der Waals surface area contributed by atoms with Crippen molar-refractivity contribution in [2.75, 3.05) is 19.0 Å². The van der Waals surface area contributed by atoms with Crippen molar-refractivity contribution in [3.63, 3.8) is 0 Å². The lowest BCUT2D eigenvalue weighted by molar-refractivity contribution is -0.119. The van der Waals surface area contributed by atoms with E-state index in [0.717, 1.165) is 14.6 Å². The third kappa shape index (κ3) is 3.40. The van der Waals surface area contributed by atoms with Crippen LogP contribution in [0.1, 0.15) is 0 Å². The zero-order chi connectivity index (χ0) is 10.6. The minimum Gasteiger partial charge on any atom is -0.375 e. The van der Waals surface area contributed by atoms with Crippen LogP contribution in [-0.2, 0) is 9.53 Å². The summed E-state index contributed by atoms with van der Waals surface area (Å²) >= 11 is 6.67. The zero-order valence-electron chi connectivity index (χ0n) is 7.51. The molecule has 0 aliphatic rings. The molecule has 0 aliphatic heterocycles. The molecule has 0 atom stereocenters. The Morgan fingerprint density at radius 1 is 1.50 bits per heavy atom. The van der Waals surface area contributed by atoms with Gasteiger partial charge in [0.1, 0.15) is 6.61 Å². The lowest BCUT2D eigenvalue weighted by atomic mass is 10.3. The van der Waals surface area contributed by atoms with Crippen LogP contribution < -0.4 is 5.32 Å². The number of rotatable bonds is 3. The number of anilines is 1. The first-order valence-electron chi connectivity index (χ1n) is 3.87. The molecule has 0 fully saturated rings. The van der Waals surface area contributed by atoms with Crippen molar-refractivity contribution in [2.24, 2.45) is 0 Å². The summed E-state index contributed by atoms with van der Waals surface area (Å²) in [6.07, 6.45) is 0. The highest BCUT2D eigenvalue weighted by atomic mass is 79.9. The molecule has 0 unspecified atom stereocenters. The number of carbonyl (C=O) groups excluding carboxylic acids is 1. The van der Waals surface area contributed by atoms with Crippen molar-refractivity contribution in [2.45, 2.75) is 0 Å². The number of halogens is 2. The van der Waals surface area contributed by atoms with Crippen LogP contribution in [0.4, 0.5) is 5.69 Å². The van der Waals surface area contributed by atoms with E-state index < -0.39 is 0 Å². The summed E-state index contributed by atoms with van der Waals surface area (Å²) in [5.41, 5.74) is 0.732. The minimum atomic E-state index is -0.171. The fraction of sp³-hybridized carbons (Fsp3) is 0.222. The van der Waals surface area contributed by atoms with E-state index >= 15 is 0 Å². The molecule has 76 valence electrons. The van der Waals surface area contributed by atoms with Gasteiger partial charge in [-0.1, -0.05) is 15.9 Å². The van der Waals surface area contributed by atoms with Gasteiger partial charge in [-0.3, -0.25) is 4.79 Å². The van der Waals surface area contributed by atoms with Crippen LogP contribution in [-0.4, -0.2) is 19.6 Å². The molecule has 0 bridgehead atoms. The average molecular weight is 323 g/mol. The molecule has 1 amide bonds. The highest BCUT2D eigenvalue weighted by Crippen LogP contribution is 2.25. The van der Waals surface area contributed by atoms with E-state index in [1.54, 1.807) is 0 Å². The summed E-state index contributed by atoms with van der Waals surface area (Å²) in [4.78, 5) is 11.2. The van der Waals surface area contributed by atoms with Gasteiger partial charge in [-0.2, -0.15) is 0 Å². The van der Waals surface area contributed by atoms with Gasteiger partial charge in [0.2, 0.25) is 5.91 Å². The largest absolute Gasteiger partial charge is 0.375 e. The molecular weight excluding hydrogens is 314 g/mol. The Labute approximate surface area is 99.1 Å². The van der Waals surface area contributed by atoms with Crippen LogP contribution in [0.5, 0.6) is 0 Å². The first kappa shape index (κ1) is 11.7. The van der Waals surface area contributed by atoms with Gasteiger partial charge in [0.15, 0.2) is 0 Å². The quantitative estimate of drug-likeness (QED) is 0.929. The van der Waals surface area contributed by atoms with Crippen molar-refractivity contribution in [1.82, 2.24) is 0 Å². The van der Waals surface area contributed by atoms with E-state index in [2.05, 4.69) is 37.2 Å². The van der Waals surface area contributed by atoms with E-state index in [4.69, 9.17) is 4.74 Å². The van der Waals surface area contributed by atoms with Crippen LogP contribution in [0.2, 0.25) is 0 Å². The molecule has 1 rings (SSSR count). The highest BCUT2D eigenvalue weighted by molar-refractivity contribution is 9.11. The molecular formula is C9H9Br2NO2. The Bertz CT molecular complexity index is 342. The number of hydrogen-bond acceptors (Lipinski definition) is 2. The van der Waals surface area contributed by atoms with E-state index in [1.165, 1.54) is 7.11 Å². The van der Waals surface area contributed by atoms with E-state index in [1.807, 2.05) is 18.2 Å². The van der Waals surface area contributed by atoms with Gasteiger partial charge in [-0.25, -0.2) is 0 Å². The molecule has 1 aromatic carbocycles. The Balaban J connectivity index is 2.72. The SMILES string of the molecule is COCC(=O)Nc1ccc(Br)cc1Br. The summed E-state index contributed by atoms with van der Waals surface area (Å²) in [5.74, 6) is -0.171. The second-order valence-corrected chi connectivity index (χ2v) is 4.38. The van der Waals surface area contributed by atoms with E-state index in [-0.39, 0.29) is 12.5 Å². The van der Waals surface area contributed by atoms with Gasteiger partial charge in [-0.15, -0.1) is 0 Å². The molecule has 0 saturated carbocycles. The molecule has 0 aromatic heterocycles. The number of carbonyl (C=O) groups is 1. The molecule has 0 heterocycles. The van der Waals surface area contributed by atoms with Crippen LogP contribution >= 0.6 is 31.9 Å². The van der Waals surface area contributed by atoms with E-state index in [9.17, 15) is 4.79 Å². The number of hydrogen-bond donors (Lipinski definition) is 1.